The van der Waals surface area contributed by atoms with Gasteiger partial charge < -0.3 is 9.73 Å². The molecule has 232 valence electrons. The van der Waals surface area contributed by atoms with Gasteiger partial charge in [-0.15, -0.1) is 0 Å². The molecule has 0 saturated carbocycles. The lowest BCUT2D eigenvalue weighted by Gasteiger charge is -2.35. The van der Waals surface area contributed by atoms with Crippen molar-refractivity contribution in [2.24, 2.45) is 0 Å². The van der Waals surface area contributed by atoms with Crippen LogP contribution >= 0.6 is 0 Å². The van der Waals surface area contributed by atoms with Crippen molar-refractivity contribution in [3.63, 3.8) is 0 Å². The van der Waals surface area contributed by atoms with E-state index in [0.29, 0.717) is 0 Å². The van der Waals surface area contributed by atoms with Crippen LogP contribution in [0.15, 0.2) is 138 Å². The predicted octanol–water partition coefficient (Wildman–Crippen LogP) is 12.3. The summed E-state index contributed by atoms with van der Waals surface area (Å²) in [7, 11) is 0. The standard InChI is InChI=1S/C45H41NO/c1-43(2,3)29-15-19-31(20-16-29)45(32-21-17-30(18-22-32)44(4,5)6)39-13-9-7-11-35(39)36-25-23-34(28-40(36)45)46-33-24-26-42-38(27-33)37-12-8-10-14-41(37)47-42/h7-28,46H,1-6H3. The molecule has 0 aliphatic heterocycles. The van der Waals surface area contributed by atoms with E-state index in [2.05, 4.69) is 168 Å². The number of anilines is 2. The number of hydrogen-bond acceptors (Lipinski definition) is 2. The molecule has 0 radical (unpaired) electrons. The van der Waals surface area contributed by atoms with Gasteiger partial charge in [0.1, 0.15) is 11.2 Å². The summed E-state index contributed by atoms with van der Waals surface area (Å²) in [4.78, 5) is 0. The van der Waals surface area contributed by atoms with Gasteiger partial charge in [-0.05, 0) is 91.7 Å². The van der Waals surface area contributed by atoms with Gasteiger partial charge in [-0.25, -0.2) is 0 Å². The Morgan fingerprint density at radius 1 is 0.468 bits per heavy atom. The van der Waals surface area contributed by atoms with E-state index in [1.54, 1.807) is 0 Å². The molecule has 0 amide bonds. The first kappa shape index (κ1) is 29.3. The first-order valence-electron chi connectivity index (χ1n) is 16.7. The molecule has 47 heavy (non-hydrogen) atoms. The molecule has 2 nitrogen and oxygen atoms in total. The highest BCUT2D eigenvalue weighted by Crippen LogP contribution is 2.57. The minimum absolute atomic E-state index is 0.0735. The Morgan fingerprint density at radius 2 is 1.00 bits per heavy atom. The minimum atomic E-state index is -0.471. The molecule has 0 atom stereocenters. The smallest absolute Gasteiger partial charge is 0.135 e. The van der Waals surface area contributed by atoms with Crippen LogP contribution in [0.1, 0.15) is 74.9 Å². The van der Waals surface area contributed by atoms with E-state index in [4.69, 9.17) is 4.42 Å². The summed E-state index contributed by atoms with van der Waals surface area (Å²) in [6, 6.07) is 49.3. The summed E-state index contributed by atoms with van der Waals surface area (Å²) in [6.07, 6.45) is 0. The summed E-state index contributed by atoms with van der Waals surface area (Å²) in [6.45, 7) is 13.7. The van der Waals surface area contributed by atoms with Gasteiger partial charge >= 0.3 is 0 Å². The Labute approximate surface area is 278 Å². The zero-order valence-electron chi connectivity index (χ0n) is 28.1. The molecule has 0 bridgehead atoms. The van der Waals surface area contributed by atoms with Gasteiger partial charge in [0, 0.05) is 22.1 Å². The highest BCUT2D eigenvalue weighted by atomic mass is 16.3. The predicted molar refractivity (Wildman–Crippen MR) is 198 cm³/mol. The normalized spacial score (nSPS) is 13.9. The van der Waals surface area contributed by atoms with E-state index < -0.39 is 5.41 Å². The van der Waals surface area contributed by atoms with Gasteiger partial charge in [-0.1, -0.05) is 139 Å². The second kappa shape index (κ2) is 10.5. The summed E-state index contributed by atoms with van der Waals surface area (Å²) >= 11 is 0. The summed E-state index contributed by atoms with van der Waals surface area (Å²) < 4.78 is 6.11. The summed E-state index contributed by atoms with van der Waals surface area (Å²) in [5.41, 5.74) is 14.0. The van der Waals surface area contributed by atoms with Crippen LogP contribution in [-0.4, -0.2) is 0 Å². The SMILES string of the molecule is CC(C)(C)c1ccc(C2(c3ccc(C(C)(C)C)cc3)c3ccccc3-c3ccc(Nc4ccc5oc6ccccc6c5c4)cc32)cc1. The second-order valence-electron chi connectivity index (χ2n) is 15.1. The Hall–Kier alpha value is -5.08. The fraction of sp³-hybridized carbons (Fsp3) is 0.200. The third-order valence-electron chi connectivity index (χ3n) is 10.1. The summed E-state index contributed by atoms with van der Waals surface area (Å²) in [5.74, 6) is 0. The second-order valence-corrected chi connectivity index (χ2v) is 15.1. The number of rotatable bonds is 4. The number of hydrogen-bond donors (Lipinski definition) is 1. The van der Waals surface area contributed by atoms with Crippen LogP contribution in [-0.2, 0) is 16.2 Å². The van der Waals surface area contributed by atoms with Crippen LogP contribution in [0.2, 0.25) is 0 Å². The van der Waals surface area contributed by atoms with Crippen molar-refractivity contribution in [3.05, 3.63) is 167 Å². The first-order valence-corrected chi connectivity index (χ1v) is 16.7. The first-order chi connectivity index (χ1) is 22.5. The average Bonchev–Trinajstić information content (AvgIpc) is 3.57. The molecule has 0 unspecified atom stereocenters. The number of furan rings is 1. The van der Waals surface area contributed by atoms with E-state index >= 15 is 0 Å². The van der Waals surface area contributed by atoms with Crippen LogP contribution < -0.4 is 5.32 Å². The van der Waals surface area contributed by atoms with Gasteiger partial charge in [0.05, 0.1) is 5.41 Å². The van der Waals surface area contributed by atoms with E-state index in [1.807, 2.05) is 12.1 Å². The highest BCUT2D eigenvalue weighted by molar-refractivity contribution is 6.06. The molecule has 0 fully saturated rings. The Bertz CT molecular complexity index is 2210. The maximum Gasteiger partial charge on any atom is 0.135 e. The van der Waals surface area contributed by atoms with Gasteiger partial charge in [0.15, 0.2) is 0 Å². The van der Waals surface area contributed by atoms with Crippen molar-refractivity contribution in [2.45, 2.75) is 57.8 Å². The van der Waals surface area contributed by atoms with Gasteiger partial charge in [-0.2, -0.15) is 0 Å². The van der Waals surface area contributed by atoms with Crippen molar-refractivity contribution in [3.8, 4) is 11.1 Å². The Balaban J connectivity index is 1.33. The topological polar surface area (TPSA) is 25.2 Å². The van der Waals surface area contributed by atoms with E-state index in [0.717, 1.165) is 33.3 Å². The van der Waals surface area contributed by atoms with Crippen LogP contribution in [0.4, 0.5) is 11.4 Å². The fourth-order valence-electron chi connectivity index (χ4n) is 7.56. The van der Waals surface area contributed by atoms with Gasteiger partial charge in [0.2, 0.25) is 0 Å². The van der Waals surface area contributed by atoms with E-state index in [-0.39, 0.29) is 10.8 Å². The molecule has 7 aromatic rings. The van der Waals surface area contributed by atoms with E-state index in [1.165, 1.54) is 44.5 Å². The van der Waals surface area contributed by atoms with Crippen LogP contribution in [0.25, 0.3) is 33.1 Å². The molecule has 2 heteroatoms. The molecular formula is C45H41NO. The van der Waals surface area contributed by atoms with Crippen LogP contribution in [0.5, 0.6) is 0 Å². The molecule has 1 aliphatic carbocycles. The lowest BCUT2D eigenvalue weighted by Crippen LogP contribution is -2.29. The monoisotopic (exact) mass is 611 g/mol. The number of benzene rings is 6. The molecule has 1 N–H and O–H groups in total. The molecule has 8 rings (SSSR count). The summed E-state index contributed by atoms with van der Waals surface area (Å²) in [5, 5.41) is 6.01. The van der Waals surface area contributed by atoms with Crippen molar-refractivity contribution >= 4 is 33.3 Å². The zero-order chi connectivity index (χ0) is 32.6. The van der Waals surface area contributed by atoms with Crippen molar-refractivity contribution in [2.75, 3.05) is 5.32 Å². The maximum atomic E-state index is 6.11. The van der Waals surface area contributed by atoms with Crippen LogP contribution in [0.3, 0.4) is 0 Å². The molecule has 1 aromatic heterocycles. The maximum absolute atomic E-state index is 6.11. The number of nitrogens with one attached hydrogen (secondary N) is 1. The zero-order valence-corrected chi connectivity index (χ0v) is 28.1. The fourth-order valence-corrected chi connectivity index (χ4v) is 7.56. The Morgan fingerprint density at radius 3 is 1.66 bits per heavy atom. The third-order valence-corrected chi connectivity index (χ3v) is 10.1. The lowest BCUT2D eigenvalue weighted by molar-refractivity contribution is 0.588. The quantitative estimate of drug-likeness (QED) is 0.214. The van der Waals surface area contributed by atoms with Crippen molar-refractivity contribution in [1.29, 1.82) is 0 Å². The van der Waals surface area contributed by atoms with Gasteiger partial charge in [0.25, 0.3) is 0 Å². The average molecular weight is 612 g/mol. The number of para-hydroxylation sites is 1. The van der Waals surface area contributed by atoms with Crippen molar-refractivity contribution < 1.29 is 4.42 Å². The molecular weight excluding hydrogens is 571 g/mol. The van der Waals surface area contributed by atoms with Gasteiger partial charge in [-0.3, -0.25) is 0 Å². The minimum Gasteiger partial charge on any atom is -0.456 e. The molecule has 6 aromatic carbocycles. The number of fused-ring (bicyclic) bond motifs is 6. The third kappa shape index (κ3) is 4.69. The molecule has 0 saturated heterocycles. The Kier molecular flexibility index (Phi) is 6.53. The van der Waals surface area contributed by atoms with Crippen LogP contribution in [0, 0.1) is 0 Å². The molecule has 0 spiro atoms. The van der Waals surface area contributed by atoms with E-state index in [9.17, 15) is 0 Å². The molecule has 1 aliphatic rings. The highest BCUT2D eigenvalue weighted by Gasteiger charge is 2.46. The largest absolute Gasteiger partial charge is 0.456 e. The van der Waals surface area contributed by atoms with Crippen molar-refractivity contribution in [1.82, 2.24) is 0 Å². The lowest BCUT2D eigenvalue weighted by atomic mass is 9.67. The molecule has 1 heterocycles.